The zero-order valence-electron chi connectivity index (χ0n) is 29.6. The molecule has 0 amide bonds. The number of allylic oxidation sites excluding steroid dienone is 2. The van der Waals surface area contributed by atoms with Gasteiger partial charge in [-0.2, -0.15) is 0 Å². The number of aliphatic hydroxyl groups excluding tert-OH is 1. The Morgan fingerprint density at radius 1 is 0.980 bits per heavy atom. The Hall–Kier alpha value is -3.37. The number of unbranched alkanes of at least 4 members (excludes halogenated alkanes) is 1. The van der Waals surface area contributed by atoms with Crippen molar-refractivity contribution >= 4 is 46.1 Å². The molecular weight excluding hydrogens is 661 g/mol. The number of esters is 1. The lowest BCUT2D eigenvalue weighted by molar-refractivity contribution is -0.176. The van der Waals surface area contributed by atoms with Gasteiger partial charge in [0.2, 0.25) is 0 Å². The van der Waals surface area contributed by atoms with Crippen LogP contribution in [0, 0.1) is 11.8 Å². The lowest BCUT2D eigenvalue weighted by Crippen LogP contribution is -2.66. The molecular formula is C42H50O6SSi. The molecule has 4 aromatic rings. The number of methoxy groups -OCH3 is 1. The second-order valence-electron chi connectivity index (χ2n) is 14.4. The normalized spacial score (nSPS) is 21.5. The lowest BCUT2D eigenvalue weighted by atomic mass is 9.88. The quantitative estimate of drug-likeness (QED) is 0.0655. The van der Waals surface area contributed by atoms with Crippen LogP contribution in [0.2, 0.25) is 5.04 Å². The molecule has 50 heavy (non-hydrogen) atoms. The number of aliphatic hydroxyl groups is 1. The zero-order valence-corrected chi connectivity index (χ0v) is 31.4. The van der Waals surface area contributed by atoms with Crippen LogP contribution in [0.4, 0.5) is 0 Å². The summed E-state index contributed by atoms with van der Waals surface area (Å²) in [5.41, 5.74) is 0. The second kappa shape index (κ2) is 15.9. The van der Waals surface area contributed by atoms with Crippen LogP contribution in [-0.4, -0.2) is 51.6 Å². The molecule has 3 aromatic carbocycles. The highest BCUT2D eigenvalue weighted by atomic mass is 32.1. The van der Waals surface area contributed by atoms with Gasteiger partial charge in [-0.1, -0.05) is 124 Å². The van der Waals surface area contributed by atoms with Crippen LogP contribution in [-0.2, 0) is 23.4 Å². The van der Waals surface area contributed by atoms with Gasteiger partial charge >= 0.3 is 5.97 Å². The highest BCUT2D eigenvalue weighted by molar-refractivity contribution is 7.19. The predicted molar refractivity (Wildman–Crippen MR) is 204 cm³/mol. The monoisotopic (exact) mass is 710 g/mol. The van der Waals surface area contributed by atoms with Crippen LogP contribution in [0.1, 0.15) is 63.9 Å². The number of rotatable bonds is 13. The Labute approximate surface area is 301 Å². The summed E-state index contributed by atoms with van der Waals surface area (Å²) in [4.78, 5) is 12.7. The van der Waals surface area contributed by atoms with Crippen molar-refractivity contribution in [2.75, 3.05) is 20.3 Å². The van der Waals surface area contributed by atoms with Crippen LogP contribution in [0.15, 0.2) is 115 Å². The third-order valence-corrected chi connectivity index (χ3v) is 16.4. The van der Waals surface area contributed by atoms with Crippen LogP contribution in [0.25, 0.3) is 10.1 Å². The molecule has 264 valence electrons. The van der Waals surface area contributed by atoms with E-state index in [4.69, 9.17) is 18.6 Å². The van der Waals surface area contributed by atoms with Crippen LogP contribution >= 0.6 is 11.3 Å². The second-order valence-corrected chi connectivity index (χ2v) is 19.8. The summed E-state index contributed by atoms with van der Waals surface area (Å²) >= 11 is 1.77. The van der Waals surface area contributed by atoms with Crippen LogP contribution < -0.4 is 10.4 Å². The molecule has 1 saturated carbocycles. The fourth-order valence-electron chi connectivity index (χ4n) is 7.79. The van der Waals surface area contributed by atoms with Gasteiger partial charge in [-0.15, -0.1) is 11.3 Å². The summed E-state index contributed by atoms with van der Waals surface area (Å²) in [7, 11) is -1.52. The minimum absolute atomic E-state index is 0.0999. The van der Waals surface area contributed by atoms with E-state index < -0.39 is 20.2 Å². The minimum atomic E-state index is -2.94. The van der Waals surface area contributed by atoms with E-state index in [1.165, 1.54) is 27.6 Å². The molecule has 1 saturated heterocycles. The molecule has 1 aliphatic heterocycles. The fraction of sp³-hybridized carbons (Fsp3) is 0.405. The molecule has 8 heteroatoms. The Kier molecular flexibility index (Phi) is 11.6. The van der Waals surface area contributed by atoms with Gasteiger partial charge < -0.3 is 23.7 Å². The number of hydrogen-bond donors (Lipinski definition) is 1. The Morgan fingerprint density at radius 2 is 1.62 bits per heavy atom. The zero-order chi connectivity index (χ0) is 35.2. The van der Waals surface area contributed by atoms with E-state index in [-0.39, 0.29) is 28.9 Å². The van der Waals surface area contributed by atoms with E-state index in [1.807, 2.05) is 0 Å². The maximum Gasteiger partial charge on any atom is 0.305 e. The molecule has 6 nitrogen and oxygen atoms in total. The lowest BCUT2D eigenvalue weighted by Gasteiger charge is -2.44. The van der Waals surface area contributed by atoms with Gasteiger partial charge in [-0.3, -0.25) is 4.79 Å². The number of benzene rings is 3. The number of carbonyl (C=O) groups excluding carboxylic acids is 1. The van der Waals surface area contributed by atoms with Crippen molar-refractivity contribution in [3.05, 3.63) is 120 Å². The molecule has 1 spiro atoms. The van der Waals surface area contributed by atoms with Gasteiger partial charge in [0, 0.05) is 28.3 Å². The Balaban J connectivity index is 1.40. The summed E-state index contributed by atoms with van der Waals surface area (Å²) < 4.78 is 26.5. The van der Waals surface area contributed by atoms with Crippen molar-refractivity contribution in [1.29, 1.82) is 0 Å². The van der Waals surface area contributed by atoms with Gasteiger partial charge in [-0.05, 0) is 58.1 Å². The third kappa shape index (κ3) is 7.61. The number of carbonyl (C=O) groups is 1. The molecule has 6 rings (SSSR count). The molecule has 1 N–H and O–H groups in total. The molecule has 1 aliphatic carbocycles. The van der Waals surface area contributed by atoms with E-state index in [1.54, 1.807) is 11.3 Å². The minimum Gasteiger partial charge on any atom is -0.469 e. The van der Waals surface area contributed by atoms with Crippen molar-refractivity contribution < 1.29 is 28.5 Å². The number of hydrogen-bond acceptors (Lipinski definition) is 7. The summed E-state index contributed by atoms with van der Waals surface area (Å²) in [6, 6.07) is 32.3. The van der Waals surface area contributed by atoms with Gasteiger partial charge in [-0.25, -0.2) is 0 Å². The number of fused-ring (bicyclic) bond motifs is 1. The summed E-state index contributed by atoms with van der Waals surface area (Å²) in [5.74, 6) is -1.35. The van der Waals surface area contributed by atoms with Crippen molar-refractivity contribution in [2.45, 2.75) is 75.9 Å². The first-order valence-corrected chi connectivity index (χ1v) is 20.5. The molecule has 2 aliphatic rings. The maximum atomic E-state index is 11.5. The third-order valence-electron chi connectivity index (χ3n) is 10.2. The molecule has 4 atom stereocenters. The van der Waals surface area contributed by atoms with E-state index in [0.717, 1.165) is 17.7 Å². The summed E-state index contributed by atoms with van der Waals surface area (Å²) in [6.45, 7) is 7.93. The van der Waals surface area contributed by atoms with E-state index in [0.29, 0.717) is 32.5 Å². The average Bonchev–Trinajstić information content (AvgIpc) is 3.84. The van der Waals surface area contributed by atoms with Gasteiger partial charge in [0.1, 0.15) is 0 Å². The SMILES string of the molecule is COC(=O)CCC/C=C\C[C@@H]1[C@@H](/C=C/[C@@H](O[Si](c2ccccc2)(c2ccccc2)C(C)(C)C)c2cc3ccccc3s2)C2(C[C@@H]1O)OCCO2. The topological polar surface area (TPSA) is 74.2 Å². The van der Waals surface area contributed by atoms with Crippen molar-refractivity contribution in [1.82, 2.24) is 0 Å². The molecule has 1 aromatic heterocycles. The smallest absolute Gasteiger partial charge is 0.305 e. The molecule has 0 unspecified atom stereocenters. The first-order chi connectivity index (χ1) is 24.2. The highest BCUT2D eigenvalue weighted by Crippen LogP contribution is 2.49. The van der Waals surface area contributed by atoms with Gasteiger partial charge in [0.05, 0.1) is 32.5 Å². The number of thiophene rings is 1. The van der Waals surface area contributed by atoms with E-state index in [9.17, 15) is 9.90 Å². The number of ether oxygens (including phenoxy) is 3. The first kappa shape index (κ1) is 36.4. The molecule has 0 bridgehead atoms. The van der Waals surface area contributed by atoms with Crippen LogP contribution in [0.5, 0.6) is 0 Å². The standard InChI is InChI=1S/C42H50O6SSi/c1-41(2,3)50(32-18-9-7-10-19-32,33-20-11-8-12-21-33)48-37(39-29-31-17-15-16-23-38(31)49-39)26-25-35-34(22-13-5-6-14-24-40(44)45-4)36(43)30-42(35)46-27-28-47-42/h5,7-13,15-21,23,25-26,29,34-37,43H,6,14,22,24,27-28,30H2,1-4H3/b13-5-,26-25+/t34-,35-,36+,37-/m1/s1. The van der Waals surface area contributed by atoms with Gasteiger partial charge in [0.25, 0.3) is 8.32 Å². The highest BCUT2D eigenvalue weighted by Gasteiger charge is 2.56. The molecule has 2 fully saturated rings. The van der Waals surface area contributed by atoms with Crippen molar-refractivity contribution in [2.24, 2.45) is 11.8 Å². The fourth-order valence-corrected chi connectivity index (χ4v) is 13.6. The van der Waals surface area contributed by atoms with Crippen LogP contribution in [0.3, 0.4) is 0 Å². The van der Waals surface area contributed by atoms with Crippen molar-refractivity contribution in [3.63, 3.8) is 0 Å². The average molecular weight is 711 g/mol. The largest absolute Gasteiger partial charge is 0.469 e. The van der Waals surface area contributed by atoms with E-state index in [2.05, 4.69) is 136 Å². The summed E-state index contributed by atoms with van der Waals surface area (Å²) in [6.07, 6.45) is 10.7. The van der Waals surface area contributed by atoms with Crippen molar-refractivity contribution in [3.8, 4) is 0 Å². The summed E-state index contributed by atoms with van der Waals surface area (Å²) in [5, 5.41) is 14.9. The molecule has 2 heterocycles. The first-order valence-electron chi connectivity index (χ1n) is 17.8. The Morgan fingerprint density at radius 3 is 2.24 bits per heavy atom. The maximum absolute atomic E-state index is 11.5. The van der Waals surface area contributed by atoms with E-state index >= 15 is 0 Å². The predicted octanol–water partition coefficient (Wildman–Crippen LogP) is 8.10. The van der Waals surface area contributed by atoms with Gasteiger partial charge in [0.15, 0.2) is 5.79 Å². The molecule has 0 radical (unpaired) electrons. The Bertz CT molecular complexity index is 1680.